The van der Waals surface area contributed by atoms with Gasteiger partial charge in [0.05, 0.1) is 6.67 Å². The number of nitrogens with one attached hydrogen (secondary N) is 1. The third-order valence-electron chi connectivity index (χ3n) is 5.34. The molecule has 1 aromatic rings. The number of amides is 4. The highest BCUT2D eigenvalue weighted by Gasteiger charge is 2.51. The Bertz CT molecular complexity index is 769. The van der Waals surface area contributed by atoms with Gasteiger partial charge in [-0.15, -0.1) is 0 Å². The highest BCUT2D eigenvalue weighted by Crippen LogP contribution is 2.32. The Kier molecular flexibility index (Phi) is 5.84. The summed E-state index contributed by atoms with van der Waals surface area (Å²) in [5.74, 6) is -0.231. The lowest BCUT2D eigenvalue weighted by atomic mass is 9.87. The zero-order valence-electron chi connectivity index (χ0n) is 17.6. The highest BCUT2D eigenvalue weighted by atomic mass is 16.6. The van der Waals surface area contributed by atoms with E-state index < -0.39 is 11.1 Å². The first kappa shape index (κ1) is 21.1. The van der Waals surface area contributed by atoms with Crippen molar-refractivity contribution < 1.29 is 19.1 Å². The van der Waals surface area contributed by atoms with E-state index in [1.165, 1.54) is 4.90 Å². The normalized spacial score (nSPS) is 23.3. The Morgan fingerprint density at radius 1 is 1.10 bits per heavy atom. The minimum atomic E-state index is -1.02. The number of carbonyl (C=O) groups is 3. The van der Waals surface area contributed by atoms with Crippen LogP contribution in [0, 0.1) is 0 Å². The summed E-state index contributed by atoms with van der Waals surface area (Å²) in [4.78, 5) is 43.0. The van der Waals surface area contributed by atoms with Crippen molar-refractivity contribution in [2.45, 2.75) is 45.3 Å². The molecular weight excluding hydrogens is 372 g/mol. The van der Waals surface area contributed by atoms with Crippen LogP contribution in [0.2, 0.25) is 0 Å². The summed E-state index contributed by atoms with van der Waals surface area (Å²) in [7, 11) is 0. The van der Waals surface area contributed by atoms with Crippen LogP contribution in [0.1, 0.15) is 39.7 Å². The van der Waals surface area contributed by atoms with E-state index in [1.54, 1.807) is 4.90 Å². The van der Waals surface area contributed by atoms with E-state index in [4.69, 9.17) is 4.74 Å². The Labute approximate surface area is 171 Å². The Morgan fingerprint density at radius 2 is 1.72 bits per heavy atom. The molecule has 2 heterocycles. The fourth-order valence-corrected chi connectivity index (χ4v) is 3.71. The number of rotatable bonds is 4. The van der Waals surface area contributed by atoms with Gasteiger partial charge in [0, 0.05) is 26.2 Å². The van der Waals surface area contributed by atoms with Crippen LogP contribution in [0.4, 0.5) is 9.59 Å². The number of piperazine rings is 1. The fraction of sp³-hybridized carbons (Fsp3) is 0.571. The number of nitrogens with zero attached hydrogens (tertiary/aromatic N) is 3. The fourth-order valence-electron chi connectivity index (χ4n) is 3.71. The quantitative estimate of drug-likeness (QED) is 0.782. The SMILES string of the molecule is CCC1(c2ccccc2)NC(=O)N(CN2CCN(C(=O)OC(C)(C)C)CC2)C1=O. The number of ether oxygens (including phenoxy) is 1. The molecule has 3 rings (SSSR count). The Morgan fingerprint density at radius 3 is 2.28 bits per heavy atom. The summed E-state index contributed by atoms with van der Waals surface area (Å²) < 4.78 is 5.41. The number of carbonyl (C=O) groups excluding carboxylic acids is 3. The average Bonchev–Trinajstić information content (AvgIpc) is 2.93. The molecule has 158 valence electrons. The molecule has 0 spiro atoms. The van der Waals surface area contributed by atoms with Gasteiger partial charge in [0.25, 0.3) is 5.91 Å². The second-order valence-corrected chi connectivity index (χ2v) is 8.52. The Hall–Kier alpha value is -2.61. The molecule has 0 aliphatic carbocycles. The van der Waals surface area contributed by atoms with Gasteiger partial charge in [-0.25, -0.2) is 14.5 Å². The van der Waals surface area contributed by atoms with E-state index in [1.807, 2.05) is 62.9 Å². The summed E-state index contributed by atoms with van der Waals surface area (Å²) in [6, 6.07) is 8.97. The lowest BCUT2D eigenvalue weighted by Crippen LogP contribution is -2.53. The van der Waals surface area contributed by atoms with Gasteiger partial charge >= 0.3 is 12.1 Å². The van der Waals surface area contributed by atoms with E-state index in [0.717, 1.165) is 5.56 Å². The third kappa shape index (κ3) is 4.37. The summed E-state index contributed by atoms with van der Waals surface area (Å²) >= 11 is 0. The molecule has 2 saturated heterocycles. The zero-order chi connectivity index (χ0) is 21.2. The van der Waals surface area contributed by atoms with Crippen molar-refractivity contribution in [2.24, 2.45) is 0 Å². The maximum atomic E-state index is 13.2. The van der Waals surface area contributed by atoms with Crippen molar-refractivity contribution in [1.82, 2.24) is 20.0 Å². The van der Waals surface area contributed by atoms with Gasteiger partial charge in [-0.3, -0.25) is 9.69 Å². The molecule has 8 nitrogen and oxygen atoms in total. The average molecular weight is 402 g/mol. The van der Waals surface area contributed by atoms with Gasteiger partial charge < -0.3 is 15.0 Å². The van der Waals surface area contributed by atoms with Gasteiger partial charge in [-0.1, -0.05) is 37.3 Å². The largest absolute Gasteiger partial charge is 0.444 e. The van der Waals surface area contributed by atoms with Crippen molar-refractivity contribution in [2.75, 3.05) is 32.8 Å². The molecule has 2 aliphatic heterocycles. The van der Waals surface area contributed by atoms with Crippen LogP contribution in [0.25, 0.3) is 0 Å². The molecule has 1 unspecified atom stereocenters. The summed E-state index contributed by atoms with van der Waals surface area (Å²) in [5.41, 5.74) is -0.760. The van der Waals surface area contributed by atoms with Crippen molar-refractivity contribution in [3.8, 4) is 0 Å². The van der Waals surface area contributed by atoms with Crippen LogP contribution in [-0.2, 0) is 15.1 Å². The number of urea groups is 1. The molecule has 0 aromatic heterocycles. The van der Waals surface area contributed by atoms with Crippen LogP contribution in [-0.4, -0.2) is 71.2 Å². The van der Waals surface area contributed by atoms with Crippen LogP contribution >= 0.6 is 0 Å². The minimum absolute atomic E-state index is 0.210. The summed E-state index contributed by atoms with van der Waals surface area (Å²) in [6.07, 6.45) is 0.144. The standard InChI is InChI=1S/C21H30N4O4/c1-5-21(16-9-7-6-8-10-16)17(26)25(18(27)22-21)15-23-11-13-24(14-12-23)19(28)29-20(2,3)4/h6-10H,5,11-15H2,1-4H3,(H,22,27). The first-order chi connectivity index (χ1) is 13.7. The molecule has 1 aromatic carbocycles. The van der Waals surface area contributed by atoms with Crippen molar-refractivity contribution >= 4 is 18.0 Å². The smallest absolute Gasteiger partial charge is 0.410 e. The van der Waals surface area contributed by atoms with E-state index in [2.05, 4.69) is 5.32 Å². The van der Waals surface area contributed by atoms with Crippen LogP contribution in [0.15, 0.2) is 30.3 Å². The van der Waals surface area contributed by atoms with Crippen LogP contribution in [0.3, 0.4) is 0 Å². The number of hydrogen-bond acceptors (Lipinski definition) is 5. The van der Waals surface area contributed by atoms with Gasteiger partial charge in [-0.2, -0.15) is 0 Å². The molecule has 2 fully saturated rings. The second-order valence-electron chi connectivity index (χ2n) is 8.52. The maximum Gasteiger partial charge on any atom is 0.410 e. The summed E-state index contributed by atoms with van der Waals surface area (Å²) in [6.45, 7) is 9.76. The van der Waals surface area contributed by atoms with Gasteiger partial charge in [0.2, 0.25) is 0 Å². The molecule has 0 bridgehead atoms. The van der Waals surface area contributed by atoms with Gasteiger partial charge in [0.15, 0.2) is 0 Å². The molecule has 2 aliphatic rings. The molecule has 1 atom stereocenters. The molecule has 0 saturated carbocycles. The molecule has 1 N–H and O–H groups in total. The highest BCUT2D eigenvalue weighted by molar-refractivity contribution is 6.07. The molecule has 29 heavy (non-hydrogen) atoms. The Balaban J connectivity index is 1.62. The van der Waals surface area contributed by atoms with Crippen molar-refractivity contribution in [1.29, 1.82) is 0 Å². The predicted molar refractivity (Wildman–Crippen MR) is 108 cm³/mol. The predicted octanol–water partition coefficient (Wildman–Crippen LogP) is 2.35. The van der Waals surface area contributed by atoms with Crippen molar-refractivity contribution in [3.63, 3.8) is 0 Å². The van der Waals surface area contributed by atoms with E-state index in [9.17, 15) is 14.4 Å². The monoisotopic (exact) mass is 402 g/mol. The van der Waals surface area contributed by atoms with E-state index >= 15 is 0 Å². The third-order valence-corrected chi connectivity index (χ3v) is 5.34. The van der Waals surface area contributed by atoms with Crippen LogP contribution in [0.5, 0.6) is 0 Å². The topological polar surface area (TPSA) is 82.2 Å². The lowest BCUT2D eigenvalue weighted by molar-refractivity contribution is -0.133. The van der Waals surface area contributed by atoms with Gasteiger partial charge in [-0.05, 0) is 32.8 Å². The maximum absolute atomic E-state index is 13.2. The van der Waals surface area contributed by atoms with Crippen LogP contribution < -0.4 is 5.32 Å². The lowest BCUT2D eigenvalue weighted by Gasteiger charge is -2.36. The first-order valence-corrected chi connectivity index (χ1v) is 10.1. The second kappa shape index (κ2) is 8.02. The van der Waals surface area contributed by atoms with Crippen molar-refractivity contribution in [3.05, 3.63) is 35.9 Å². The summed E-state index contributed by atoms with van der Waals surface area (Å²) in [5, 5.41) is 2.90. The van der Waals surface area contributed by atoms with E-state index in [-0.39, 0.29) is 24.7 Å². The molecule has 8 heteroatoms. The zero-order valence-corrected chi connectivity index (χ0v) is 17.6. The molecule has 4 amide bonds. The molecular formula is C21H30N4O4. The van der Waals surface area contributed by atoms with Gasteiger partial charge in [0.1, 0.15) is 11.1 Å². The number of imide groups is 1. The first-order valence-electron chi connectivity index (χ1n) is 10.1. The molecule has 0 radical (unpaired) electrons. The minimum Gasteiger partial charge on any atom is -0.444 e. The number of hydrogen-bond donors (Lipinski definition) is 1. The van der Waals surface area contributed by atoms with E-state index in [0.29, 0.717) is 32.6 Å². The number of benzene rings is 1.